The van der Waals surface area contributed by atoms with Crippen LogP contribution in [0.1, 0.15) is 43.6 Å². The molecule has 0 unspecified atom stereocenters. The fraction of sp³-hybridized carbons (Fsp3) is 0.533. The Kier molecular flexibility index (Phi) is 4.65. The number of aliphatic imine (C=N–C) groups is 1. The lowest BCUT2D eigenvalue weighted by atomic mass is 9.94. The lowest BCUT2D eigenvalue weighted by Crippen LogP contribution is -2.35. The molecule has 1 fully saturated rings. The minimum Gasteiger partial charge on any atom is -0.370 e. The lowest BCUT2D eigenvalue weighted by molar-refractivity contribution is 0.556. The molecule has 98 valence electrons. The third-order valence-corrected chi connectivity index (χ3v) is 3.97. The monoisotopic (exact) mass is 264 g/mol. The van der Waals surface area contributed by atoms with E-state index in [9.17, 15) is 0 Å². The molecule has 1 heterocycles. The van der Waals surface area contributed by atoms with Gasteiger partial charge in [0.25, 0.3) is 0 Å². The Morgan fingerprint density at radius 3 is 2.61 bits per heavy atom. The van der Waals surface area contributed by atoms with Crippen molar-refractivity contribution in [3.63, 3.8) is 0 Å². The van der Waals surface area contributed by atoms with Crippen LogP contribution in [-0.4, -0.2) is 18.4 Å². The van der Waals surface area contributed by atoms with Gasteiger partial charge in [0, 0.05) is 24.9 Å². The van der Waals surface area contributed by atoms with E-state index < -0.39 is 0 Å². The fourth-order valence-corrected chi connectivity index (χ4v) is 3.10. The first-order chi connectivity index (χ1) is 8.43. The number of amidine groups is 1. The van der Waals surface area contributed by atoms with E-state index in [1.165, 1.54) is 37.1 Å². The molecule has 1 aromatic rings. The van der Waals surface area contributed by atoms with Crippen molar-refractivity contribution >= 4 is 18.2 Å². The van der Waals surface area contributed by atoms with E-state index in [4.69, 9.17) is 0 Å². The quantitative estimate of drug-likeness (QED) is 0.868. The molecule has 0 radical (unpaired) electrons. The highest BCUT2D eigenvalue weighted by Gasteiger charge is 2.29. The van der Waals surface area contributed by atoms with Crippen LogP contribution in [0.15, 0.2) is 35.3 Å². The minimum absolute atomic E-state index is 0. The predicted molar refractivity (Wildman–Crippen MR) is 78.7 cm³/mol. The summed E-state index contributed by atoms with van der Waals surface area (Å²) < 4.78 is 0. The van der Waals surface area contributed by atoms with Gasteiger partial charge in [-0.1, -0.05) is 36.8 Å². The Bertz CT molecular complexity index is 402. The van der Waals surface area contributed by atoms with Crippen molar-refractivity contribution < 1.29 is 0 Å². The van der Waals surface area contributed by atoms with E-state index in [0.29, 0.717) is 12.0 Å². The summed E-state index contributed by atoms with van der Waals surface area (Å²) in [5.41, 5.74) is 1.49. The predicted octanol–water partition coefficient (Wildman–Crippen LogP) is 3.53. The standard InChI is InChI=1S/C15H20N2.ClH/c1-2-6-12(7-3-1)13-8-4-9-14(13)17-15-10-5-11-16-15;/h1-3,6-7,13-14H,4-5,8-11H2,(H,16,17);1H/t13-,14-;/m0./s1. The van der Waals surface area contributed by atoms with Crippen molar-refractivity contribution in [3.05, 3.63) is 35.9 Å². The summed E-state index contributed by atoms with van der Waals surface area (Å²) in [5, 5.41) is 3.68. The Labute approximate surface area is 115 Å². The molecule has 1 aromatic carbocycles. The normalized spacial score (nSPS) is 26.6. The van der Waals surface area contributed by atoms with Gasteiger partial charge in [0.15, 0.2) is 0 Å². The molecule has 0 spiro atoms. The molecule has 2 atom stereocenters. The topological polar surface area (TPSA) is 24.4 Å². The first-order valence-corrected chi connectivity index (χ1v) is 6.78. The highest BCUT2D eigenvalue weighted by Crippen LogP contribution is 2.34. The van der Waals surface area contributed by atoms with Crippen molar-refractivity contribution in [2.24, 2.45) is 4.99 Å². The third-order valence-electron chi connectivity index (χ3n) is 3.97. The van der Waals surface area contributed by atoms with Gasteiger partial charge in [-0.25, -0.2) is 0 Å². The van der Waals surface area contributed by atoms with Gasteiger partial charge in [-0.05, 0) is 24.8 Å². The second-order valence-corrected chi connectivity index (χ2v) is 5.13. The summed E-state index contributed by atoms with van der Waals surface area (Å²) in [6, 6.07) is 11.5. The molecule has 2 nitrogen and oxygen atoms in total. The van der Waals surface area contributed by atoms with Gasteiger partial charge in [0.05, 0.1) is 5.84 Å². The molecule has 0 amide bonds. The van der Waals surface area contributed by atoms with Crippen LogP contribution in [0.2, 0.25) is 0 Å². The van der Waals surface area contributed by atoms with Crippen LogP contribution in [0.25, 0.3) is 0 Å². The molecule has 0 saturated heterocycles. The highest BCUT2D eigenvalue weighted by molar-refractivity contribution is 5.85. The highest BCUT2D eigenvalue weighted by atomic mass is 35.5. The molecule has 3 heteroatoms. The van der Waals surface area contributed by atoms with Crippen LogP contribution in [0.5, 0.6) is 0 Å². The zero-order valence-electron chi connectivity index (χ0n) is 10.6. The number of nitrogens with zero attached hydrogens (tertiary/aromatic N) is 1. The number of benzene rings is 1. The number of hydrogen-bond donors (Lipinski definition) is 1. The average molecular weight is 265 g/mol. The molecule has 1 aliphatic carbocycles. The molecule has 1 saturated carbocycles. The van der Waals surface area contributed by atoms with Gasteiger partial charge in [-0.15, -0.1) is 12.4 Å². The maximum Gasteiger partial charge on any atom is 0.0966 e. The number of rotatable bonds is 2. The molecule has 0 bridgehead atoms. The van der Waals surface area contributed by atoms with Crippen LogP contribution in [0.3, 0.4) is 0 Å². The van der Waals surface area contributed by atoms with Crippen molar-refractivity contribution in [1.82, 2.24) is 5.32 Å². The summed E-state index contributed by atoms with van der Waals surface area (Å²) in [6.45, 7) is 1.02. The van der Waals surface area contributed by atoms with Gasteiger partial charge >= 0.3 is 0 Å². The van der Waals surface area contributed by atoms with Crippen molar-refractivity contribution in [2.75, 3.05) is 6.54 Å². The summed E-state index contributed by atoms with van der Waals surface area (Å²) in [6.07, 6.45) is 6.32. The number of nitrogens with one attached hydrogen (secondary N) is 1. The maximum atomic E-state index is 4.53. The van der Waals surface area contributed by atoms with Crippen molar-refractivity contribution in [2.45, 2.75) is 44.1 Å². The molecule has 0 aromatic heterocycles. The summed E-state index contributed by atoms with van der Waals surface area (Å²) in [4.78, 5) is 4.53. The first kappa shape index (κ1) is 13.4. The first-order valence-electron chi connectivity index (χ1n) is 6.78. The van der Waals surface area contributed by atoms with E-state index in [1.54, 1.807) is 0 Å². The zero-order valence-corrected chi connectivity index (χ0v) is 11.5. The van der Waals surface area contributed by atoms with Gasteiger partial charge in [-0.2, -0.15) is 0 Å². The Hall–Kier alpha value is -1.02. The van der Waals surface area contributed by atoms with Crippen LogP contribution in [0, 0.1) is 0 Å². The smallest absolute Gasteiger partial charge is 0.0966 e. The van der Waals surface area contributed by atoms with E-state index in [1.807, 2.05) is 0 Å². The Balaban J connectivity index is 0.00000120. The average Bonchev–Trinajstić information content (AvgIpc) is 3.02. The lowest BCUT2D eigenvalue weighted by Gasteiger charge is -2.22. The second-order valence-electron chi connectivity index (χ2n) is 5.13. The van der Waals surface area contributed by atoms with E-state index >= 15 is 0 Å². The van der Waals surface area contributed by atoms with Gasteiger partial charge in [-0.3, -0.25) is 4.99 Å². The van der Waals surface area contributed by atoms with E-state index in [-0.39, 0.29) is 12.4 Å². The number of hydrogen-bond acceptors (Lipinski definition) is 2. The van der Waals surface area contributed by atoms with Gasteiger partial charge < -0.3 is 5.32 Å². The largest absolute Gasteiger partial charge is 0.370 e. The van der Waals surface area contributed by atoms with Crippen LogP contribution in [0.4, 0.5) is 0 Å². The van der Waals surface area contributed by atoms with Crippen LogP contribution >= 0.6 is 12.4 Å². The van der Waals surface area contributed by atoms with Gasteiger partial charge in [0.2, 0.25) is 0 Å². The van der Waals surface area contributed by atoms with Crippen molar-refractivity contribution in [1.29, 1.82) is 0 Å². The number of halogens is 1. The van der Waals surface area contributed by atoms with E-state index in [2.05, 4.69) is 40.6 Å². The Morgan fingerprint density at radius 1 is 1.06 bits per heavy atom. The molecule has 3 rings (SSSR count). The summed E-state index contributed by atoms with van der Waals surface area (Å²) >= 11 is 0. The SMILES string of the molecule is Cl.c1ccc([C@@H]2CCC[C@@H]2NC2=NCCC2)cc1. The fourth-order valence-electron chi connectivity index (χ4n) is 3.10. The molecule has 18 heavy (non-hydrogen) atoms. The summed E-state index contributed by atoms with van der Waals surface area (Å²) in [5.74, 6) is 1.93. The van der Waals surface area contributed by atoms with E-state index in [0.717, 1.165) is 13.0 Å². The molecule has 2 aliphatic rings. The zero-order chi connectivity index (χ0) is 11.5. The second kappa shape index (κ2) is 6.24. The minimum atomic E-state index is 0. The van der Waals surface area contributed by atoms with Crippen molar-refractivity contribution in [3.8, 4) is 0 Å². The van der Waals surface area contributed by atoms with Crippen LogP contribution < -0.4 is 5.32 Å². The van der Waals surface area contributed by atoms with Crippen LogP contribution in [-0.2, 0) is 0 Å². The maximum absolute atomic E-state index is 4.53. The molecular formula is C15H21ClN2. The van der Waals surface area contributed by atoms with Gasteiger partial charge in [0.1, 0.15) is 0 Å². The Morgan fingerprint density at radius 2 is 1.89 bits per heavy atom. The molecule has 1 N–H and O–H groups in total. The molecular weight excluding hydrogens is 244 g/mol. The molecule has 1 aliphatic heterocycles. The summed E-state index contributed by atoms with van der Waals surface area (Å²) in [7, 11) is 0. The third kappa shape index (κ3) is 2.86.